The molecule has 12 nitrogen and oxygen atoms in total. The van der Waals surface area contributed by atoms with Gasteiger partial charge < -0.3 is 30.7 Å². The number of hydrogen-bond donors (Lipinski definition) is 5. The molecule has 2 heterocycles. The number of pyridine rings is 1. The van der Waals surface area contributed by atoms with Gasteiger partial charge in [-0.3, -0.25) is 4.57 Å². The highest BCUT2D eigenvalue weighted by Gasteiger charge is 2.36. The van der Waals surface area contributed by atoms with Gasteiger partial charge in [0.2, 0.25) is 0 Å². The predicted octanol–water partition coefficient (Wildman–Crippen LogP) is 2.51. The molecule has 0 aliphatic heterocycles. The van der Waals surface area contributed by atoms with E-state index in [9.17, 15) is 22.8 Å². The number of thiophene rings is 1. The number of ether oxygens (including phenoxy) is 2. The van der Waals surface area contributed by atoms with Crippen LogP contribution in [0.15, 0.2) is 34.7 Å². The van der Waals surface area contributed by atoms with Crippen LogP contribution in [-0.4, -0.2) is 49.5 Å². The molecule has 0 amide bonds. The van der Waals surface area contributed by atoms with Crippen molar-refractivity contribution in [2.24, 2.45) is 11.5 Å². The molecule has 2 aromatic heterocycles. The molecule has 1 unspecified atom stereocenters. The second-order valence-electron chi connectivity index (χ2n) is 7.99. The van der Waals surface area contributed by atoms with Gasteiger partial charge in [-0.15, -0.1) is 23.7 Å². The number of hydrogen-bond acceptors (Lipinski definition) is 10. The molecule has 16 heteroatoms. The van der Waals surface area contributed by atoms with Gasteiger partial charge in [-0.2, -0.15) is 9.98 Å². The highest BCUT2D eigenvalue weighted by atomic mass is 35.5. The molecule has 0 bridgehead atoms. The van der Waals surface area contributed by atoms with Gasteiger partial charge in [0.05, 0.1) is 13.2 Å². The maximum absolute atomic E-state index is 13.4. The summed E-state index contributed by atoms with van der Waals surface area (Å²) < 4.78 is 53.2. The van der Waals surface area contributed by atoms with Crippen LogP contribution in [0.2, 0.25) is 0 Å². The first-order chi connectivity index (χ1) is 17.5. The molecule has 0 radical (unpaired) electrons. The Labute approximate surface area is 230 Å². The first-order valence-electron chi connectivity index (χ1n) is 11.2. The van der Waals surface area contributed by atoms with Crippen molar-refractivity contribution in [1.29, 1.82) is 5.26 Å². The van der Waals surface area contributed by atoms with Crippen molar-refractivity contribution in [3.8, 4) is 17.6 Å². The number of nitrogens with two attached hydrogens (primary N) is 2. The maximum atomic E-state index is 13.4. The van der Waals surface area contributed by atoms with Crippen molar-refractivity contribution in [2.45, 2.75) is 29.8 Å². The van der Waals surface area contributed by atoms with E-state index in [2.05, 4.69) is 9.71 Å². The number of nitriles is 1. The molecule has 3 aromatic rings. The van der Waals surface area contributed by atoms with Crippen LogP contribution >= 0.6 is 31.3 Å². The number of aryl methyl sites for hydroxylation is 1. The highest BCUT2D eigenvalue weighted by molar-refractivity contribution is 7.92. The molecule has 0 saturated heterocycles. The maximum Gasteiger partial charge on any atom is 0.347 e. The Hall–Kier alpha value is -2.31. The van der Waals surface area contributed by atoms with E-state index in [1.54, 1.807) is 25.1 Å². The number of fused-ring (bicyclic) bond motifs is 1. The fourth-order valence-corrected chi connectivity index (χ4v) is 7.74. The minimum Gasteiger partial charge on any atom is -0.490 e. The molecule has 0 fully saturated rings. The zero-order valence-electron chi connectivity index (χ0n) is 20.4. The summed E-state index contributed by atoms with van der Waals surface area (Å²) in [6, 6.07) is 7.63. The summed E-state index contributed by atoms with van der Waals surface area (Å²) in [5.74, 6) is -1.05. The summed E-state index contributed by atoms with van der Waals surface area (Å²) in [5, 5.41) is 9.51. The van der Waals surface area contributed by atoms with E-state index in [4.69, 9.17) is 26.2 Å². The van der Waals surface area contributed by atoms with E-state index in [0.29, 0.717) is 66.3 Å². The molecule has 0 spiro atoms. The molecule has 0 aliphatic carbocycles. The molecular formula is C22H29ClN5O7PS2. The first kappa shape index (κ1) is 31.9. The zero-order chi connectivity index (χ0) is 27.2. The van der Waals surface area contributed by atoms with Gasteiger partial charge in [0.1, 0.15) is 21.8 Å². The Balaban J connectivity index is 0.00000507. The van der Waals surface area contributed by atoms with Gasteiger partial charge >= 0.3 is 7.60 Å². The monoisotopic (exact) mass is 605 g/mol. The fraction of sp³-hybridized carbons (Fsp3) is 0.364. The molecule has 1 atom stereocenters. The van der Waals surface area contributed by atoms with Crippen molar-refractivity contribution < 1.29 is 32.2 Å². The molecule has 208 valence electrons. The summed E-state index contributed by atoms with van der Waals surface area (Å²) in [6.45, 7) is 3.16. The van der Waals surface area contributed by atoms with E-state index in [-0.39, 0.29) is 27.9 Å². The van der Waals surface area contributed by atoms with Crippen LogP contribution in [0.25, 0.3) is 10.1 Å². The molecule has 3 rings (SSSR count). The number of halogens is 1. The lowest BCUT2D eigenvalue weighted by atomic mass is 10.2. The van der Waals surface area contributed by atoms with Gasteiger partial charge in [-0.1, -0.05) is 6.07 Å². The minimum absolute atomic E-state index is 0. The molecule has 0 aliphatic rings. The van der Waals surface area contributed by atoms with E-state index >= 15 is 0 Å². The van der Waals surface area contributed by atoms with Crippen LogP contribution in [0.5, 0.6) is 11.5 Å². The van der Waals surface area contributed by atoms with E-state index < -0.39 is 23.4 Å². The van der Waals surface area contributed by atoms with Crippen molar-refractivity contribution in [1.82, 2.24) is 9.71 Å². The largest absolute Gasteiger partial charge is 0.490 e. The molecule has 1 aromatic carbocycles. The minimum atomic E-state index is -5.00. The number of benzene rings is 1. The standard InChI is InChI=1S/C22H28N5O7PS2.ClH/c1-14-17-10-18(33-8-2-6-23)19(34-9-3-7-24)11-20(17)36-22(14)37(31,32)27-21(35(28,29)30)15-4-5-16(12-25)26-13-15;/h4-5,10-11,13,21,27H,2-3,6-9,23-24H2,1H3,(H2,28,29,30);1H. The lowest BCUT2D eigenvalue weighted by Gasteiger charge is -2.20. The summed E-state index contributed by atoms with van der Waals surface area (Å²) >= 11 is 0.933. The number of nitrogens with zero attached hydrogens (tertiary/aromatic N) is 2. The van der Waals surface area contributed by atoms with Gasteiger partial charge in [0, 0.05) is 27.9 Å². The van der Waals surface area contributed by atoms with E-state index in [1.807, 2.05) is 0 Å². The van der Waals surface area contributed by atoms with Crippen LogP contribution in [-0.2, 0) is 14.6 Å². The number of rotatable bonds is 13. The third kappa shape index (κ3) is 7.63. The van der Waals surface area contributed by atoms with Crippen LogP contribution in [0.4, 0.5) is 0 Å². The first-order valence-corrected chi connectivity index (χ1v) is 15.2. The summed E-state index contributed by atoms with van der Waals surface area (Å²) in [4.78, 5) is 23.6. The topological polar surface area (TPSA) is 211 Å². The second kappa shape index (κ2) is 13.7. The van der Waals surface area contributed by atoms with Crippen LogP contribution < -0.4 is 25.7 Å². The third-order valence-electron chi connectivity index (χ3n) is 5.23. The SMILES string of the molecule is Cc1c(S(=O)(=O)NC(c2ccc(C#N)nc2)P(=O)(O)O)sc2cc(OCCCN)c(OCCCN)cc12.Cl. The van der Waals surface area contributed by atoms with Gasteiger partial charge in [-0.05, 0) is 50.6 Å². The summed E-state index contributed by atoms with van der Waals surface area (Å²) in [5.41, 5.74) is 11.4. The second-order valence-corrected chi connectivity index (χ2v) is 12.6. The quantitative estimate of drug-likeness (QED) is 0.141. The number of nitrogens with one attached hydrogen (secondary N) is 1. The Morgan fingerprint density at radius 3 is 2.26 bits per heavy atom. The van der Waals surface area contributed by atoms with Crippen molar-refractivity contribution in [2.75, 3.05) is 26.3 Å². The Morgan fingerprint density at radius 1 is 1.16 bits per heavy atom. The lowest BCUT2D eigenvalue weighted by molar-refractivity contribution is 0.266. The third-order valence-corrected chi connectivity index (χ3v) is 9.81. The van der Waals surface area contributed by atoms with Crippen molar-refractivity contribution >= 4 is 51.4 Å². The Kier molecular flexibility index (Phi) is 11.5. The summed E-state index contributed by atoms with van der Waals surface area (Å²) in [7, 11) is -9.40. The lowest BCUT2D eigenvalue weighted by Crippen LogP contribution is -2.28. The number of aromatic nitrogens is 1. The highest BCUT2D eigenvalue weighted by Crippen LogP contribution is 2.51. The fourth-order valence-electron chi connectivity index (χ4n) is 3.38. The average molecular weight is 606 g/mol. The van der Waals surface area contributed by atoms with Crippen LogP contribution in [0, 0.1) is 18.3 Å². The average Bonchev–Trinajstić information content (AvgIpc) is 3.18. The normalized spacial score (nSPS) is 12.5. The van der Waals surface area contributed by atoms with Crippen molar-refractivity contribution in [3.05, 3.63) is 47.3 Å². The molecule has 38 heavy (non-hydrogen) atoms. The Bertz CT molecular complexity index is 1440. The molecule has 7 N–H and O–H groups in total. The van der Waals surface area contributed by atoms with E-state index in [0.717, 1.165) is 17.5 Å². The van der Waals surface area contributed by atoms with Gasteiger partial charge in [0.25, 0.3) is 10.0 Å². The van der Waals surface area contributed by atoms with Gasteiger partial charge in [0.15, 0.2) is 11.5 Å². The van der Waals surface area contributed by atoms with E-state index in [1.165, 1.54) is 12.1 Å². The predicted molar refractivity (Wildman–Crippen MR) is 146 cm³/mol. The Morgan fingerprint density at radius 2 is 1.76 bits per heavy atom. The number of sulfonamides is 1. The molecular weight excluding hydrogens is 577 g/mol. The van der Waals surface area contributed by atoms with Crippen LogP contribution in [0.3, 0.4) is 0 Å². The van der Waals surface area contributed by atoms with Gasteiger partial charge in [-0.25, -0.2) is 13.4 Å². The smallest absolute Gasteiger partial charge is 0.347 e. The van der Waals surface area contributed by atoms with Crippen LogP contribution in [0.1, 0.15) is 35.4 Å². The molecule has 0 saturated carbocycles. The van der Waals surface area contributed by atoms with Crippen molar-refractivity contribution in [3.63, 3.8) is 0 Å². The summed E-state index contributed by atoms with van der Waals surface area (Å²) in [6.07, 6.45) is 2.28. The zero-order valence-corrected chi connectivity index (χ0v) is 23.7.